The molecule has 0 radical (unpaired) electrons. The minimum absolute atomic E-state index is 0.168. The summed E-state index contributed by atoms with van der Waals surface area (Å²) < 4.78 is 22.4. The van der Waals surface area contributed by atoms with Gasteiger partial charge in [0.05, 0.1) is 21.3 Å². The largest absolute Gasteiger partial charge is 0.493 e. The quantitative estimate of drug-likeness (QED) is 0.472. The van der Waals surface area contributed by atoms with Gasteiger partial charge in [-0.25, -0.2) is 0 Å². The Morgan fingerprint density at radius 2 is 1.59 bits per heavy atom. The van der Waals surface area contributed by atoms with E-state index >= 15 is 0 Å². The van der Waals surface area contributed by atoms with Crippen LogP contribution in [0.1, 0.15) is 17.7 Å². The first-order valence-electron chi connectivity index (χ1n) is 11.5. The van der Waals surface area contributed by atoms with Crippen LogP contribution in [0.2, 0.25) is 0 Å². The molecule has 1 amide bonds. The van der Waals surface area contributed by atoms with E-state index in [1.807, 2.05) is 59.5 Å². The Bertz CT molecular complexity index is 1090. The van der Waals surface area contributed by atoms with Crippen molar-refractivity contribution in [2.45, 2.75) is 19.4 Å². The summed E-state index contributed by atoms with van der Waals surface area (Å²) >= 11 is 0. The Morgan fingerprint density at radius 1 is 0.853 bits per heavy atom. The summed E-state index contributed by atoms with van der Waals surface area (Å²) in [6.45, 7) is 3.76. The molecular formula is C27H32N2O5. The van der Waals surface area contributed by atoms with E-state index in [4.69, 9.17) is 18.6 Å². The molecule has 1 saturated heterocycles. The molecule has 2 heterocycles. The first-order valence-corrected chi connectivity index (χ1v) is 11.5. The zero-order valence-corrected chi connectivity index (χ0v) is 20.1. The van der Waals surface area contributed by atoms with Gasteiger partial charge in [-0.05, 0) is 18.2 Å². The van der Waals surface area contributed by atoms with Gasteiger partial charge in [0.25, 0.3) is 0 Å². The van der Waals surface area contributed by atoms with Crippen molar-refractivity contribution in [2.24, 2.45) is 0 Å². The van der Waals surface area contributed by atoms with Crippen LogP contribution < -0.4 is 14.2 Å². The van der Waals surface area contributed by atoms with Gasteiger partial charge < -0.3 is 23.5 Å². The Labute approximate surface area is 200 Å². The Kier molecular flexibility index (Phi) is 7.75. The second kappa shape index (κ2) is 11.1. The van der Waals surface area contributed by atoms with Crippen LogP contribution in [0.4, 0.5) is 0 Å². The molecular weight excluding hydrogens is 432 g/mol. The summed E-state index contributed by atoms with van der Waals surface area (Å²) in [6, 6.07) is 17.8. The molecule has 0 saturated carbocycles. The molecule has 180 valence electrons. The molecule has 2 aromatic carbocycles. The van der Waals surface area contributed by atoms with Gasteiger partial charge in [-0.1, -0.05) is 36.4 Å². The smallest absolute Gasteiger partial charge is 0.223 e. The average molecular weight is 465 g/mol. The number of hydrogen-bond donors (Lipinski definition) is 0. The number of methoxy groups -OCH3 is 3. The molecule has 7 nitrogen and oxygen atoms in total. The molecule has 4 rings (SSSR count). The number of rotatable bonds is 9. The molecule has 1 aliphatic rings. The van der Waals surface area contributed by atoms with Crippen LogP contribution in [0.15, 0.2) is 59.0 Å². The van der Waals surface area contributed by atoms with Gasteiger partial charge in [-0.2, -0.15) is 0 Å². The predicted molar refractivity (Wildman–Crippen MR) is 130 cm³/mol. The summed E-state index contributed by atoms with van der Waals surface area (Å²) in [4.78, 5) is 17.1. The predicted octanol–water partition coefficient (Wildman–Crippen LogP) is 4.25. The summed E-state index contributed by atoms with van der Waals surface area (Å²) in [5, 5.41) is 0. The number of amides is 1. The number of hydrogen-bond acceptors (Lipinski definition) is 6. The maximum absolute atomic E-state index is 12.8. The number of carbonyl (C=O) groups is 1. The van der Waals surface area contributed by atoms with E-state index in [2.05, 4.69) is 4.90 Å². The third-order valence-corrected chi connectivity index (χ3v) is 6.21. The van der Waals surface area contributed by atoms with Crippen molar-refractivity contribution in [3.8, 4) is 28.6 Å². The van der Waals surface area contributed by atoms with E-state index < -0.39 is 0 Å². The summed E-state index contributed by atoms with van der Waals surface area (Å²) in [5.74, 6) is 3.78. The second-order valence-corrected chi connectivity index (χ2v) is 8.28. The lowest BCUT2D eigenvalue weighted by Gasteiger charge is -2.35. The first-order chi connectivity index (χ1) is 16.6. The Hall–Kier alpha value is -3.45. The van der Waals surface area contributed by atoms with E-state index in [0.29, 0.717) is 43.2 Å². The average Bonchev–Trinajstić information content (AvgIpc) is 3.37. The maximum atomic E-state index is 12.8. The zero-order valence-electron chi connectivity index (χ0n) is 20.1. The van der Waals surface area contributed by atoms with Crippen molar-refractivity contribution < 1.29 is 23.4 Å². The van der Waals surface area contributed by atoms with Gasteiger partial charge >= 0.3 is 0 Å². The fourth-order valence-corrected chi connectivity index (χ4v) is 4.34. The van der Waals surface area contributed by atoms with E-state index in [1.165, 1.54) is 0 Å². The molecule has 0 spiro atoms. The van der Waals surface area contributed by atoms with Gasteiger partial charge in [0.2, 0.25) is 11.7 Å². The minimum atomic E-state index is 0.168. The first kappa shape index (κ1) is 23.7. The molecule has 1 aliphatic heterocycles. The van der Waals surface area contributed by atoms with Gasteiger partial charge in [0.15, 0.2) is 11.5 Å². The van der Waals surface area contributed by atoms with Crippen LogP contribution in [-0.2, 0) is 17.8 Å². The number of piperazine rings is 1. The van der Waals surface area contributed by atoms with Crippen LogP contribution in [-0.4, -0.2) is 63.2 Å². The molecule has 1 aromatic heterocycles. The highest BCUT2D eigenvalue weighted by Gasteiger charge is 2.23. The number of furan rings is 1. The molecule has 1 fully saturated rings. The SMILES string of the molecule is COc1ccc(CN2CCN(C(=O)CCc3ccc(-c4ccccc4)o3)CC2)c(OC)c1OC. The van der Waals surface area contributed by atoms with Gasteiger partial charge in [-0.15, -0.1) is 0 Å². The van der Waals surface area contributed by atoms with Gasteiger partial charge in [0.1, 0.15) is 11.5 Å². The van der Waals surface area contributed by atoms with Crippen LogP contribution in [0.25, 0.3) is 11.3 Å². The molecule has 7 heteroatoms. The minimum Gasteiger partial charge on any atom is -0.493 e. The molecule has 34 heavy (non-hydrogen) atoms. The van der Waals surface area contributed by atoms with Crippen molar-refractivity contribution in [3.05, 3.63) is 65.9 Å². The highest BCUT2D eigenvalue weighted by atomic mass is 16.5. The van der Waals surface area contributed by atoms with Crippen LogP contribution in [0.3, 0.4) is 0 Å². The van der Waals surface area contributed by atoms with Crippen LogP contribution >= 0.6 is 0 Å². The van der Waals surface area contributed by atoms with E-state index in [-0.39, 0.29) is 5.91 Å². The molecule has 0 unspecified atom stereocenters. The summed E-state index contributed by atoms with van der Waals surface area (Å²) in [6.07, 6.45) is 1.06. The topological polar surface area (TPSA) is 64.4 Å². The molecule has 0 N–H and O–H groups in total. The highest BCUT2D eigenvalue weighted by molar-refractivity contribution is 5.76. The van der Waals surface area contributed by atoms with Crippen molar-refractivity contribution in [1.82, 2.24) is 9.80 Å². The third kappa shape index (κ3) is 5.37. The molecule has 0 atom stereocenters. The van der Waals surface area contributed by atoms with Gasteiger partial charge in [0, 0.05) is 56.7 Å². The monoisotopic (exact) mass is 464 g/mol. The maximum Gasteiger partial charge on any atom is 0.223 e. The lowest BCUT2D eigenvalue weighted by Crippen LogP contribution is -2.48. The van der Waals surface area contributed by atoms with Crippen LogP contribution in [0, 0.1) is 0 Å². The molecule has 0 bridgehead atoms. The second-order valence-electron chi connectivity index (χ2n) is 8.28. The van der Waals surface area contributed by atoms with Gasteiger partial charge in [-0.3, -0.25) is 9.69 Å². The lowest BCUT2D eigenvalue weighted by atomic mass is 10.1. The number of carbonyl (C=O) groups excluding carboxylic acids is 1. The molecule has 0 aliphatic carbocycles. The third-order valence-electron chi connectivity index (χ3n) is 6.21. The highest BCUT2D eigenvalue weighted by Crippen LogP contribution is 2.40. The molecule has 3 aromatic rings. The number of benzene rings is 2. The fraction of sp³-hybridized carbons (Fsp3) is 0.370. The van der Waals surface area contributed by atoms with Crippen molar-refractivity contribution in [1.29, 1.82) is 0 Å². The van der Waals surface area contributed by atoms with E-state index in [0.717, 1.165) is 42.3 Å². The fourth-order valence-electron chi connectivity index (χ4n) is 4.34. The summed E-state index contributed by atoms with van der Waals surface area (Å²) in [7, 11) is 4.86. The normalized spacial score (nSPS) is 14.1. The van der Waals surface area contributed by atoms with Crippen LogP contribution in [0.5, 0.6) is 17.2 Å². The number of aryl methyl sites for hydroxylation is 1. The zero-order chi connectivity index (χ0) is 23.9. The lowest BCUT2D eigenvalue weighted by molar-refractivity contribution is -0.133. The summed E-state index contributed by atoms with van der Waals surface area (Å²) in [5.41, 5.74) is 2.08. The Morgan fingerprint density at radius 3 is 2.26 bits per heavy atom. The van der Waals surface area contributed by atoms with E-state index in [9.17, 15) is 4.79 Å². The van der Waals surface area contributed by atoms with Crippen molar-refractivity contribution in [3.63, 3.8) is 0 Å². The standard InChI is InChI=1S/C27H32N2O5/c1-31-24-12-9-21(26(32-2)27(24)33-3)19-28-15-17-29(18-16-28)25(30)14-11-22-10-13-23(34-22)20-7-5-4-6-8-20/h4-10,12-13H,11,14-19H2,1-3H3. The van der Waals surface area contributed by atoms with Crippen molar-refractivity contribution in [2.75, 3.05) is 47.5 Å². The Balaban J connectivity index is 1.28. The number of ether oxygens (including phenoxy) is 3. The van der Waals surface area contributed by atoms with E-state index in [1.54, 1.807) is 21.3 Å². The van der Waals surface area contributed by atoms with Crippen molar-refractivity contribution >= 4 is 5.91 Å². The number of nitrogens with zero attached hydrogens (tertiary/aromatic N) is 2.